The van der Waals surface area contributed by atoms with Gasteiger partial charge in [-0.2, -0.15) is 0 Å². The van der Waals surface area contributed by atoms with Crippen LogP contribution in [0.2, 0.25) is 0 Å². The summed E-state index contributed by atoms with van der Waals surface area (Å²) in [7, 11) is 1.62. The number of amides is 1. The number of nitrogens with one attached hydrogen (secondary N) is 2. The van der Waals surface area contributed by atoms with Crippen LogP contribution in [0.25, 0.3) is 0 Å². The average Bonchev–Trinajstić information content (AvgIpc) is 2.84. The molecule has 2 aromatic carbocycles. The number of carbonyl (C=O) groups excluding carboxylic acids is 2. The van der Waals surface area contributed by atoms with Gasteiger partial charge in [0.1, 0.15) is 17.6 Å². The van der Waals surface area contributed by atoms with E-state index in [-0.39, 0.29) is 17.7 Å². The molecule has 0 aliphatic carbocycles. The predicted octanol–water partition coefficient (Wildman–Crippen LogP) is 3.71. The molecule has 1 fully saturated rings. The van der Waals surface area contributed by atoms with Crippen molar-refractivity contribution < 1.29 is 19.1 Å². The van der Waals surface area contributed by atoms with E-state index < -0.39 is 6.04 Å². The largest absolute Gasteiger partial charge is 0.497 e. The first kappa shape index (κ1) is 25.2. The van der Waals surface area contributed by atoms with Gasteiger partial charge in [-0.3, -0.25) is 15.1 Å². The van der Waals surface area contributed by atoms with Crippen molar-refractivity contribution in [2.24, 2.45) is 11.7 Å². The SMILES string of the molecule is CCOC(=O)C(c1ccc(OC)cc1)N1CCC(CCC(=O)Nc2ccc(C(=N)N)cc2)CC1. The Morgan fingerprint density at radius 3 is 2.32 bits per heavy atom. The number of hydrogen-bond donors (Lipinski definition) is 3. The van der Waals surface area contributed by atoms with Crippen LogP contribution in [0.5, 0.6) is 5.75 Å². The maximum Gasteiger partial charge on any atom is 0.327 e. The molecule has 1 unspecified atom stereocenters. The monoisotopic (exact) mass is 466 g/mol. The summed E-state index contributed by atoms with van der Waals surface area (Å²) >= 11 is 0. The molecular formula is C26H34N4O4. The van der Waals surface area contributed by atoms with Crippen LogP contribution in [0, 0.1) is 11.3 Å². The van der Waals surface area contributed by atoms with Crippen LogP contribution < -0.4 is 15.8 Å². The van der Waals surface area contributed by atoms with Gasteiger partial charge in [-0.25, -0.2) is 4.79 Å². The highest BCUT2D eigenvalue weighted by molar-refractivity contribution is 5.96. The van der Waals surface area contributed by atoms with Crippen molar-refractivity contribution in [1.29, 1.82) is 5.41 Å². The number of rotatable bonds is 10. The van der Waals surface area contributed by atoms with Crippen molar-refractivity contribution in [3.05, 3.63) is 59.7 Å². The lowest BCUT2D eigenvalue weighted by atomic mass is 9.90. The van der Waals surface area contributed by atoms with Crippen molar-refractivity contribution in [3.8, 4) is 5.75 Å². The number of nitrogens with zero attached hydrogens (tertiary/aromatic N) is 1. The fraction of sp³-hybridized carbons (Fsp3) is 0.423. The maximum atomic E-state index is 12.8. The van der Waals surface area contributed by atoms with Crippen molar-refractivity contribution in [3.63, 3.8) is 0 Å². The normalized spacial score (nSPS) is 15.4. The predicted molar refractivity (Wildman–Crippen MR) is 132 cm³/mol. The van der Waals surface area contributed by atoms with Gasteiger partial charge in [0.25, 0.3) is 0 Å². The van der Waals surface area contributed by atoms with Crippen LogP contribution in [-0.2, 0) is 14.3 Å². The molecule has 1 aliphatic heterocycles. The summed E-state index contributed by atoms with van der Waals surface area (Å²) in [5.74, 6) is 0.919. The summed E-state index contributed by atoms with van der Waals surface area (Å²) < 4.78 is 10.6. The molecule has 0 saturated carbocycles. The van der Waals surface area contributed by atoms with Gasteiger partial charge in [0.15, 0.2) is 0 Å². The molecule has 8 nitrogen and oxygen atoms in total. The number of nitrogens with two attached hydrogens (primary N) is 1. The second kappa shape index (κ2) is 12.2. The fourth-order valence-corrected chi connectivity index (χ4v) is 4.30. The first-order chi connectivity index (χ1) is 16.4. The van der Waals surface area contributed by atoms with Crippen LogP contribution in [-0.4, -0.2) is 49.4 Å². The lowest BCUT2D eigenvalue weighted by Crippen LogP contribution is -2.41. The van der Waals surface area contributed by atoms with Crippen LogP contribution >= 0.6 is 0 Å². The fourth-order valence-electron chi connectivity index (χ4n) is 4.30. The van der Waals surface area contributed by atoms with Crippen LogP contribution in [0.4, 0.5) is 5.69 Å². The highest BCUT2D eigenvalue weighted by atomic mass is 16.5. The number of nitrogen functional groups attached to an aromatic ring is 1. The van der Waals surface area contributed by atoms with Gasteiger partial charge < -0.3 is 20.5 Å². The van der Waals surface area contributed by atoms with E-state index >= 15 is 0 Å². The zero-order chi connectivity index (χ0) is 24.5. The Kier molecular flexibility index (Phi) is 9.04. The molecule has 3 rings (SSSR count). The highest BCUT2D eigenvalue weighted by Gasteiger charge is 2.32. The van der Waals surface area contributed by atoms with E-state index in [0.717, 1.165) is 43.7 Å². The Labute approximate surface area is 200 Å². The van der Waals surface area contributed by atoms with Gasteiger partial charge >= 0.3 is 5.97 Å². The lowest BCUT2D eigenvalue weighted by molar-refractivity contribution is -0.150. The minimum atomic E-state index is -0.437. The van der Waals surface area contributed by atoms with Crippen LogP contribution in [0.1, 0.15) is 49.8 Å². The third-order valence-electron chi connectivity index (χ3n) is 6.21. The zero-order valence-electron chi connectivity index (χ0n) is 19.9. The summed E-state index contributed by atoms with van der Waals surface area (Å²) in [5, 5.41) is 10.3. The molecular weight excluding hydrogens is 432 g/mol. The molecule has 0 spiro atoms. The van der Waals surface area contributed by atoms with Crippen molar-refractivity contribution in [2.45, 2.75) is 38.6 Å². The van der Waals surface area contributed by atoms with Gasteiger partial charge in [0.05, 0.1) is 13.7 Å². The third kappa shape index (κ3) is 6.81. The van der Waals surface area contributed by atoms with E-state index in [0.29, 0.717) is 30.2 Å². The molecule has 0 aromatic heterocycles. The van der Waals surface area contributed by atoms with Gasteiger partial charge in [-0.15, -0.1) is 0 Å². The Morgan fingerprint density at radius 1 is 1.12 bits per heavy atom. The quantitative estimate of drug-likeness (QED) is 0.279. The minimum absolute atomic E-state index is 0.00130. The number of anilines is 1. The lowest BCUT2D eigenvalue weighted by Gasteiger charge is -2.36. The summed E-state index contributed by atoms with van der Waals surface area (Å²) in [6.07, 6.45) is 3.09. The van der Waals surface area contributed by atoms with Crippen LogP contribution in [0.3, 0.4) is 0 Å². The Bertz CT molecular complexity index is 967. The van der Waals surface area contributed by atoms with E-state index in [1.807, 2.05) is 31.2 Å². The summed E-state index contributed by atoms with van der Waals surface area (Å²) in [6, 6.07) is 14.1. The molecule has 1 atom stereocenters. The summed E-state index contributed by atoms with van der Waals surface area (Å²) in [5.41, 5.74) is 7.68. The minimum Gasteiger partial charge on any atom is -0.497 e. The van der Waals surface area contributed by atoms with Crippen LogP contribution in [0.15, 0.2) is 48.5 Å². The first-order valence-corrected chi connectivity index (χ1v) is 11.7. The smallest absolute Gasteiger partial charge is 0.327 e. The number of benzene rings is 2. The molecule has 1 aliphatic rings. The number of esters is 1. The molecule has 0 radical (unpaired) electrons. The number of hydrogen-bond acceptors (Lipinski definition) is 6. The summed E-state index contributed by atoms with van der Waals surface area (Å²) in [4.78, 5) is 27.3. The van der Waals surface area contributed by atoms with E-state index in [9.17, 15) is 9.59 Å². The Hall–Kier alpha value is -3.39. The maximum absolute atomic E-state index is 12.8. The van der Waals surface area contributed by atoms with Gasteiger partial charge in [-0.1, -0.05) is 12.1 Å². The first-order valence-electron chi connectivity index (χ1n) is 11.7. The third-order valence-corrected chi connectivity index (χ3v) is 6.21. The van der Waals surface area contributed by atoms with Gasteiger partial charge in [0.2, 0.25) is 5.91 Å². The van der Waals surface area contributed by atoms with E-state index in [4.69, 9.17) is 20.6 Å². The Morgan fingerprint density at radius 2 is 1.76 bits per heavy atom. The molecule has 8 heteroatoms. The van der Waals surface area contributed by atoms with Gasteiger partial charge in [-0.05, 0) is 87.2 Å². The molecule has 34 heavy (non-hydrogen) atoms. The van der Waals surface area contributed by atoms with Crippen molar-refractivity contribution in [1.82, 2.24) is 4.90 Å². The van der Waals surface area contributed by atoms with Gasteiger partial charge in [0, 0.05) is 17.7 Å². The molecule has 1 heterocycles. The molecule has 2 aromatic rings. The molecule has 1 amide bonds. The van der Waals surface area contributed by atoms with E-state index in [1.54, 1.807) is 31.4 Å². The molecule has 182 valence electrons. The summed E-state index contributed by atoms with van der Waals surface area (Å²) in [6.45, 7) is 3.70. The Balaban J connectivity index is 1.51. The number of amidine groups is 1. The zero-order valence-corrected chi connectivity index (χ0v) is 19.9. The van der Waals surface area contributed by atoms with E-state index in [2.05, 4.69) is 10.2 Å². The number of ether oxygens (including phenoxy) is 2. The average molecular weight is 467 g/mol. The molecule has 1 saturated heterocycles. The number of methoxy groups -OCH3 is 1. The highest BCUT2D eigenvalue weighted by Crippen LogP contribution is 2.31. The van der Waals surface area contributed by atoms with Crippen molar-refractivity contribution >= 4 is 23.4 Å². The number of carbonyl (C=O) groups is 2. The molecule has 0 bridgehead atoms. The van der Waals surface area contributed by atoms with E-state index in [1.165, 1.54) is 0 Å². The van der Waals surface area contributed by atoms with Crippen molar-refractivity contribution in [2.75, 3.05) is 32.1 Å². The second-order valence-corrected chi connectivity index (χ2v) is 8.48. The topological polar surface area (TPSA) is 118 Å². The second-order valence-electron chi connectivity index (χ2n) is 8.48. The number of likely N-dealkylation sites (tertiary alicyclic amines) is 1. The standard InChI is InChI=1S/C26H34N4O4/c1-3-34-26(32)24(19-7-11-22(33-2)12-8-19)30-16-14-18(15-17-30)4-13-23(31)29-21-9-5-20(6-10-21)25(27)28/h5-12,18,24H,3-4,13-17H2,1-2H3,(H3,27,28)(H,29,31). The number of piperidine rings is 1. The molecule has 4 N–H and O–H groups in total.